The Kier molecular flexibility index (Phi) is 8.40. The number of thioether (sulfide) groups is 2. The average molecular weight is 466 g/mol. The molecule has 3 saturated heterocycles. The molecule has 0 saturated carbocycles. The number of benzene rings is 1. The molecule has 0 spiro atoms. The Labute approximate surface area is 192 Å². The van der Waals surface area contributed by atoms with Crippen molar-refractivity contribution in [1.82, 2.24) is 14.7 Å². The lowest BCUT2D eigenvalue weighted by Gasteiger charge is -2.36. The molecule has 3 aliphatic heterocycles. The van der Waals surface area contributed by atoms with E-state index in [9.17, 15) is 9.59 Å². The predicted octanol–water partition coefficient (Wildman–Crippen LogP) is 1.94. The van der Waals surface area contributed by atoms with Gasteiger partial charge in [0.1, 0.15) is 5.75 Å². The van der Waals surface area contributed by atoms with Crippen LogP contribution in [0.5, 0.6) is 5.75 Å². The van der Waals surface area contributed by atoms with Gasteiger partial charge in [0.05, 0.1) is 24.3 Å². The summed E-state index contributed by atoms with van der Waals surface area (Å²) in [6, 6.07) is 8.13. The van der Waals surface area contributed by atoms with Crippen LogP contribution in [0.3, 0.4) is 0 Å². The van der Waals surface area contributed by atoms with Crippen LogP contribution in [0.1, 0.15) is 16.6 Å². The smallest absolute Gasteiger partial charge is 0.260 e. The van der Waals surface area contributed by atoms with Gasteiger partial charge in [-0.25, -0.2) is 0 Å². The summed E-state index contributed by atoms with van der Waals surface area (Å²) in [6.45, 7) is 5.76. The number of carbonyl (C=O) groups is 2. The van der Waals surface area contributed by atoms with Crippen molar-refractivity contribution in [2.24, 2.45) is 0 Å². The molecule has 3 aliphatic rings. The molecule has 3 fully saturated rings. The number of rotatable bonds is 6. The Morgan fingerprint density at radius 2 is 1.52 bits per heavy atom. The molecule has 0 radical (unpaired) electrons. The highest BCUT2D eigenvalue weighted by molar-refractivity contribution is 8.16. The van der Waals surface area contributed by atoms with Gasteiger partial charge in [0, 0.05) is 39.3 Å². The molecule has 0 unspecified atom stereocenters. The van der Waals surface area contributed by atoms with Gasteiger partial charge in [0.2, 0.25) is 5.91 Å². The normalized spacial score (nSPS) is 21.2. The first-order chi connectivity index (χ1) is 15.2. The molecule has 0 atom stereocenters. The van der Waals surface area contributed by atoms with Crippen molar-refractivity contribution >= 4 is 35.3 Å². The second kappa shape index (κ2) is 11.4. The minimum atomic E-state index is -0.0252. The predicted molar refractivity (Wildman–Crippen MR) is 125 cm³/mol. The van der Waals surface area contributed by atoms with E-state index in [4.69, 9.17) is 9.47 Å². The fourth-order valence-corrected chi connectivity index (χ4v) is 6.79. The number of hydrogen-bond acceptors (Lipinski definition) is 7. The van der Waals surface area contributed by atoms with Crippen LogP contribution >= 0.6 is 23.5 Å². The lowest BCUT2D eigenvalue weighted by Crippen LogP contribution is -2.54. The van der Waals surface area contributed by atoms with Crippen LogP contribution in [0.25, 0.3) is 0 Å². The number of piperazine rings is 1. The van der Waals surface area contributed by atoms with E-state index in [-0.39, 0.29) is 18.4 Å². The Balaban J connectivity index is 1.17. The summed E-state index contributed by atoms with van der Waals surface area (Å²) in [5, 5.41) is 0. The maximum absolute atomic E-state index is 12.5. The van der Waals surface area contributed by atoms with Gasteiger partial charge in [-0.1, -0.05) is 12.1 Å². The van der Waals surface area contributed by atoms with E-state index in [0.717, 1.165) is 18.8 Å². The van der Waals surface area contributed by atoms with Gasteiger partial charge < -0.3 is 19.3 Å². The highest BCUT2D eigenvalue weighted by atomic mass is 32.2. The van der Waals surface area contributed by atoms with Gasteiger partial charge in [-0.2, -0.15) is 0 Å². The van der Waals surface area contributed by atoms with Crippen LogP contribution in [0, 0.1) is 0 Å². The molecule has 0 bridgehead atoms. The fourth-order valence-electron chi connectivity index (χ4n) is 3.89. The van der Waals surface area contributed by atoms with Crippen molar-refractivity contribution in [2.75, 3.05) is 77.1 Å². The molecular weight excluding hydrogens is 434 g/mol. The number of morpholine rings is 1. The van der Waals surface area contributed by atoms with Crippen molar-refractivity contribution in [3.63, 3.8) is 0 Å². The molecule has 0 aliphatic carbocycles. The van der Waals surface area contributed by atoms with E-state index in [0.29, 0.717) is 50.5 Å². The monoisotopic (exact) mass is 465 g/mol. The first kappa shape index (κ1) is 22.8. The first-order valence-electron chi connectivity index (χ1n) is 11.0. The molecule has 31 heavy (non-hydrogen) atoms. The molecule has 3 heterocycles. The highest BCUT2D eigenvalue weighted by Gasteiger charge is 2.26. The third kappa shape index (κ3) is 6.54. The van der Waals surface area contributed by atoms with Crippen molar-refractivity contribution < 1.29 is 19.1 Å². The number of hydrogen-bond donors (Lipinski definition) is 0. The standard InChI is InChI=1S/C22H31N3O4S2/c26-20(16-23-10-12-28-13-11-23)24-6-8-25(9-7-24)21(27)17-29-19-4-2-18(3-5-19)22-30-14-1-15-31-22/h2-5,22H,1,6-17H2. The van der Waals surface area contributed by atoms with E-state index in [1.165, 1.54) is 23.5 Å². The summed E-state index contributed by atoms with van der Waals surface area (Å²) in [6.07, 6.45) is 1.28. The van der Waals surface area contributed by atoms with Gasteiger partial charge in [-0.05, 0) is 35.6 Å². The van der Waals surface area contributed by atoms with Gasteiger partial charge >= 0.3 is 0 Å². The molecule has 7 nitrogen and oxygen atoms in total. The quantitative estimate of drug-likeness (QED) is 0.636. The lowest BCUT2D eigenvalue weighted by atomic mass is 10.2. The van der Waals surface area contributed by atoms with Crippen molar-refractivity contribution in [1.29, 1.82) is 0 Å². The highest BCUT2D eigenvalue weighted by Crippen LogP contribution is 2.43. The molecule has 4 rings (SSSR count). The van der Waals surface area contributed by atoms with Crippen LogP contribution in [0.4, 0.5) is 0 Å². The van der Waals surface area contributed by atoms with Gasteiger partial charge in [0.15, 0.2) is 6.61 Å². The fraction of sp³-hybridized carbons (Fsp3) is 0.636. The number of carbonyl (C=O) groups excluding carboxylic acids is 2. The molecule has 0 aromatic heterocycles. The number of amides is 2. The zero-order chi connectivity index (χ0) is 21.5. The zero-order valence-electron chi connectivity index (χ0n) is 17.9. The maximum atomic E-state index is 12.5. The summed E-state index contributed by atoms with van der Waals surface area (Å²) >= 11 is 3.99. The summed E-state index contributed by atoms with van der Waals surface area (Å²) in [5.74, 6) is 3.28. The Hall–Kier alpha value is -1.42. The summed E-state index contributed by atoms with van der Waals surface area (Å²) < 4.78 is 11.6. The second-order valence-electron chi connectivity index (χ2n) is 7.93. The van der Waals surface area contributed by atoms with Crippen LogP contribution in [-0.2, 0) is 14.3 Å². The minimum Gasteiger partial charge on any atom is -0.484 e. The Bertz CT molecular complexity index is 729. The van der Waals surface area contributed by atoms with Crippen molar-refractivity contribution in [2.45, 2.75) is 11.0 Å². The van der Waals surface area contributed by atoms with Gasteiger partial charge in [0.25, 0.3) is 5.91 Å². The summed E-state index contributed by atoms with van der Waals surface area (Å²) in [5.41, 5.74) is 1.31. The van der Waals surface area contributed by atoms with E-state index >= 15 is 0 Å². The van der Waals surface area contributed by atoms with E-state index in [1.54, 1.807) is 4.90 Å². The summed E-state index contributed by atoms with van der Waals surface area (Å²) in [7, 11) is 0. The molecule has 170 valence electrons. The Morgan fingerprint density at radius 3 is 2.16 bits per heavy atom. The third-order valence-electron chi connectivity index (χ3n) is 5.79. The molecule has 0 N–H and O–H groups in total. The van der Waals surface area contributed by atoms with Crippen molar-refractivity contribution in [3.05, 3.63) is 29.8 Å². The molecule has 1 aromatic rings. The molecular formula is C22H31N3O4S2. The van der Waals surface area contributed by atoms with E-state index < -0.39 is 0 Å². The zero-order valence-corrected chi connectivity index (χ0v) is 19.5. The van der Waals surface area contributed by atoms with E-state index in [2.05, 4.69) is 17.0 Å². The lowest BCUT2D eigenvalue weighted by molar-refractivity contribution is -0.141. The van der Waals surface area contributed by atoms with Crippen LogP contribution in [0.15, 0.2) is 24.3 Å². The van der Waals surface area contributed by atoms with Crippen LogP contribution < -0.4 is 4.74 Å². The third-order valence-corrected chi connectivity index (χ3v) is 8.80. The number of ether oxygens (including phenoxy) is 2. The SMILES string of the molecule is O=C(COc1ccc(C2SCCCS2)cc1)N1CCN(C(=O)CN2CCOCC2)CC1. The van der Waals surface area contributed by atoms with Gasteiger partial charge in [-0.3, -0.25) is 14.5 Å². The van der Waals surface area contributed by atoms with E-state index in [1.807, 2.05) is 40.6 Å². The first-order valence-corrected chi connectivity index (χ1v) is 13.1. The Morgan fingerprint density at radius 1 is 0.903 bits per heavy atom. The molecule has 2 amide bonds. The minimum absolute atomic E-state index is 0.0252. The maximum Gasteiger partial charge on any atom is 0.260 e. The molecule has 9 heteroatoms. The topological polar surface area (TPSA) is 62.3 Å². The van der Waals surface area contributed by atoms with Crippen molar-refractivity contribution in [3.8, 4) is 5.75 Å². The van der Waals surface area contributed by atoms with Gasteiger partial charge in [-0.15, -0.1) is 23.5 Å². The largest absolute Gasteiger partial charge is 0.484 e. The second-order valence-corrected chi connectivity index (χ2v) is 10.7. The van der Waals surface area contributed by atoms with Crippen LogP contribution in [-0.4, -0.2) is 104 Å². The molecule has 1 aromatic carbocycles. The number of nitrogens with zero attached hydrogens (tertiary/aromatic N) is 3. The van der Waals surface area contributed by atoms with Crippen LogP contribution in [0.2, 0.25) is 0 Å². The summed E-state index contributed by atoms with van der Waals surface area (Å²) in [4.78, 5) is 30.8. The average Bonchev–Trinajstić information content (AvgIpc) is 2.84.